The largest absolute Gasteiger partial charge is 0.330 e. The van der Waals surface area contributed by atoms with Gasteiger partial charge in [0.2, 0.25) is 0 Å². The molecular weight excluding hydrogens is 190 g/mol. The fraction of sp³-hybridized carbons (Fsp3) is 0.167. The topological polar surface area (TPSA) is 26.0 Å². The van der Waals surface area contributed by atoms with E-state index in [1.807, 2.05) is 0 Å². The molecule has 2 rings (SSSR count). The van der Waals surface area contributed by atoms with Crippen molar-refractivity contribution in [3.05, 3.63) is 46.7 Å². The minimum absolute atomic E-state index is 0.715. The van der Waals surface area contributed by atoms with Crippen LogP contribution in [0.15, 0.2) is 41.1 Å². The first kappa shape index (κ1) is 9.44. The summed E-state index contributed by atoms with van der Waals surface area (Å²) in [6, 6.07) is 10.7. The maximum absolute atomic E-state index is 5.53. The van der Waals surface area contributed by atoms with Crippen LogP contribution in [0.3, 0.4) is 0 Å². The lowest BCUT2D eigenvalue weighted by molar-refractivity contribution is 0.969. The fourth-order valence-electron chi connectivity index (χ4n) is 1.50. The molecule has 0 aliphatic rings. The second-order valence-corrected chi connectivity index (χ2v) is 4.03. The summed E-state index contributed by atoms with van der Waals surface area (Å²) in [6.45, 7) is 0.715. The van der Waals surface area contributed by atoms with E-state index < -0.39 is 0 Å². The van der Waals surface area contributed by atoms with Gasteiger partial charge in [0.25, 0.3) is 0 Å². The van der Waals surface area contributed by atoms with Crippen molar-refractivity contribution in [2.24, 2.45) is 5.73 Å². The van der Waals surface area contributed by atoms with Crippen LogP contribution in [-0.4, -0.2) is 6.54 Å². The second-order valence-electron chi connectivity index (χ2n) is 3.25. The first-order valence-electron chi connectivity index (χ1n) is 4.72. The molecule has 72 valence electrons. The Kier molecular flexibility index (Phi) is 2.96. The van der Waals surface area contributed by atoms with Crippen molar-refractivity contribution >= 4 is 11.3 Å². The van der Waals surface area contributed by atoms with E-state index in [0.717, 1.165) is 6.42 Å². The number of hydrogen-bond acceptors (Lipinski definition) is 2. The minimum Gasteiger partial charge on any atom is -0.330 e. The molecule has 0 aliphatic heterocycles. The molecule has 1 aromatic carbocycles. The molecule has 0 fully saturated rings. The van der Waals surface area contributed by atoms with E-state index in [0.29, 0.717) is 6.54 Å². The molecule has 1 heterocycles. The molecule has 0 bridgehead atoms. The average molecular weight is 203 g/mol. The van der Waals surface area contributed by atoms with Gasteiger partial charge in [-0.15, -0.1) is 0 Å². The van der Waals surface area contributed by atoms with Gasteiger partial charge in [0.05, 0.1) is 0 Å². The van der Waals surface area contributed by atoms with E-state index in [1.165, 1.54) is 16.7 Å². The third-order valence-corrected chi connectivity index (χ3v) is 2.90. The van der Waals surface area contributed by atoms with E-state index in [1.54, 1.807) is 11.3 Å². The molecule has 0 saturated carbocycles. The van der Waals surface area contributed by atoms with Gasteiger partial charge in [0, 0.05) is 0 Å². The van der Waals surface area contributed by atoms with Crippen molar-refractivity contribution in [3.63, 3.8) is 0 Å². The summed E-state index contributed by atoms with van der Waals surface area (Å²) in [6.07, 6.45) is 0.956. The highest BCUT2D eigenvalue weighted by atomic mass is 32.1. The first-order valence-corrected chi connectivity index (χ1v) is 5.66. The number of benzene rings is 1. The van der Waals surface area contributed by atoms with Crippen LogP contribution in [0, 0.1) is 0 Å². The van der Waals surface area contributed by atoms with Crippen LogP contribution in [0.5, 0.6) is 0 Å². The molecule has 2 heteroatoms. The lowest BCUT2D eigenvalue weighted by Gasteiger charge is -2.02. The monoisotopic (exact) mass is 203 g/mol. The van der Waals surface area contributed by atoms with Gasteiger partial charge in [-0.25, -0.2) is 0 Å². The van der Waals surface area contributed by atoms with Crippen molar-refractivity contribution in [2.75, 3.05) is 6.54 Å². The van der Waals surface area contributed by atoms with Crippen LogP contribution in [0.1, 0.15) is 5.56 Å². The molecule has 0 unspecified atom stereocenters. The zero-order chi connectivity index (χ0) is 9.80. The minimum atomic E-state index is 0.715. The molecule has 0 amide bonds. The van der Waals surface area contributed by atoms with E-state index >= 15 is 0 Å². The Bertz CT molecular complexity index is 392. The highest BCUT2D eigenvalue weighted by Crippen LogP contribution is 2.22. The Balaban J connectivity index is 2.31. The Morgan fingerprint density at radius 2 is 2.07 bits per heavy atom. The first-order chi connectivity index (χ1) is 6.90. The van der Waals surface area contributed by atoms with Gasteiger partial charge >= 0.3 is 0 Å². The highest BCUT2D eigenvalue weighted by Gasteiger charge is 1.98. The van der Waals surface area contributed by atoms with E-state index in [2.05, 4.69) is 41.1 Å². The van der Waals surface area contributed by atoms with Crippen LogP contribution in [0.25, 0.3) is 11.1 Å². The molecule has 0 spiro atoms. The Hall–Kier alpha value is -1.12. The van der Waals surface area contributed by atoms with Crippen molar-refractivity contribution in [1.82, 2.24) is 0 Å². The summed E-state index contributed by atoms with van der Waals surface area (Å²) < 4.78 is 0. The summed E-state index contributed by atoms with van der Waals surface area (Å²) in [4.78, 5) is 0. The normalized spacial score (nSPS) is 10.4. The Morgan fingerprint density at radius 1 is 1.14 bits per heavy atom. The quantitative estimate of drug-likeness (QED) is 0.815. The van der Waals surface area contributed by atoms with Gasteiger partial charge < -0.3 is 5.73 Å². The molecule has 1 aromatic heterocycles. The molecule has 0 aliphatic carbocycles. The van der Waals surface area contributed by atoms with Crippen LogP contribution in [-0.2, 0) is 6.42 Å². The predicted molar refractivity (Wildman–Crippen MR) is 62.5 cm³/mol. The Labute approximate surface area is 88.2 Å². The smallest absolute Gasteiger partial charge is 0.00147 e. The number of hydrogen-bond donors (Lipinski definition) is 1. The standard InChI is InChI=1S/C12H13NS/c13-6-4-10-2-1-3-11(8-10)12-5-7-14-9-12/h1-3,5,7-9H,4,6,13H2. The van der Waals surface area contributed by atoms with Crippen LogP contribution in [0.2, 0.25) is 0 Å². The van der Waals surface area contributed by atoms with Crippen molar-refractivity contribution in [2.45, 2.75) is 6.42 Å². The molecule has 1 nitrogen and oxygen atoms in total. The number of rotatable bonds is 3. The summed E-state index contributed by atoms with van der Waals surface area (Å²) in [5.74, 6) is 0. The van der Waals surface area contributed by atoms with Crippen LogP contribution >= 0.6 is 11.3 Å². The molecule has 2 N–H and O–H groups in total. The summed E-state index contributed by atoms with van der Waals surface area (Å²) >= 11 is 1.73. The molecule has 14 heavy (non-hydrogen) atoms. The van der Waals surface area contributed by atoms with Gasteiger partial charge in [0.15, 0.2) is 0 Å². The third-order valence-electron chi connectivity index (χ3n) is 2.21. The highest BCUT2D eigenvalue weighted by molar-refractivity contribution is 7.08. The molecule has 0 saturated heterocycles. The molecule has 0 radical (unpaired) electrons. The van der Waals surface area contributed by atoms with Gasteiger partial charge in [-0.3, -0.25) is 0 Å². The maximum atomic E-state index is 5.53. The van der Waals surface area contributed by atoms with Crippen molar-refractivity contribution in [1.29, 1.82) is 0 Å². The number of thiophene rings is 1. The molecule has 2 aromatic rings. The van der Waals surface area contributed by atoms with E-state index in [-0.39, 0.29) is 0 Å². The summed E-state index contributed by atoms with van der Waals surface area (Å²) in [7, 11) is 0. The van der Waals surface area contributed by atoms with Gasteiger partial charge in [-0.05, 0) is 46.5 Å². The Morgan fingerprint density at radius 3 is 2.79 bits per heavy atom. The summed E-state index contributed by atoms with van der Waals surface area (Å²) in [5.41, 5.74) is 9.44. The third kappa shape index (κ3) is 2.03. The predicted octanol–water partition coefficient (Wildman–Crippen LogP) is 2.92. The zero-order valence-electron chi connectivity index (χ0n) is 7.94. The average Bonchev–Trinajstić information content (AvgIpc) is 2.71. The number of nitrogens with two attached hydrogens (primary N) is 1. The molecule has 0 atom stereocenters. The van der Waals surface area contributed by atoms with Crippen LogP contribution < -0.4 is 5.73 Å². The maximum Gasteiger partial charge on any atom is -0.00147 e. The molecular formula is C12H13NS. The second kappa shape index (κ2) is 4.40. The lowest BCUT2D eigenvalue weighted by atomic mass is 10.0. The van der Waals surface area contributed by atoms with E-state index in [4.69, 9.17) is 5.73 Å². The van der Waals surface area contributed by atoms with Crippen molar-refractivity contribution in [3.8, 4) is 11.1 Å². The van der Waals surface area contributed by atoms with Crippen LogP contribution in [0.4, 0.5) is 0 Å². The van der Waals surface area contributed by atoms with Gasteiger partial charge in [0.1, 0.15) is 0 Å². The van der Waals surface area contributed by atoms with Crippen molar-refractivity contribution < 1.29 is 0 Å². The lowest BCUT2D eigenvalue weighted by Crippen LogP contribution is -2.02. The van der Waals surface area contributed by atoms with Gasteiger partial charge in [-0.2, -0.15) is 11.3 Å². The van der Waals surface area contributed by atoms with Gasteiger partial charge in [-0.1, -0.05) is 24.3 Å². The zero-order valence-corrected chi connectivity index (χ0v) is 8.76. The fourth-order valence-corrected chi connectivity index (χ4v) is 2.17. The summed E-state index contributed by atoms with van der Waals surface area (Å²) in [5, 5.41) is 4.27. The van der Waals surface area contributed by atoms with E-state index in [9.17, 15) is 0 Å². The SMILES string of the molecule is NCCc1cccc(-c2ccsc2)c1.